The third-order valence-electron chi connectivity index (χ3n) is 8.07. The van der Waals surface area contributed by atoms with Crippen LogP contribution in [0.1, 0.15) is 44.7 Å². The Morgan fingerprint density at radius 3 is 1.78 bits per heavy atom. The van der Waals surface area contributed by atoms with E-state index < -0.39 is 48.1 Å². The second-order valence-electron chi connectivity index (χ2n) is 13.2. The average Bonchev–Trinajstić information content (AvgIpc) is 3.80. The van der Waals surface area contributed by atoms with Gasteiger partial charge in [-0.15, -0.1) is 0 Å². The molecule has 0 saturated carbocycles. The molecule has 2 N–H and O–H groups in total. The zero-order chi connectivity index (χ0) is 37.2. The van der Waals surface area contributed by atoms with Crippen molar-refractivity contribution in [2.75, 3.05) is 32.8 Å². The predicted molar refractivity (Wildman–Crippen MR) is 193 cm³/mol. The molecule has 2 aliphatic heterocycles. The lowest BCUT2D eigenvalue weighted by molar-refractivity contribution is -0.132. The Balaban J connectivity index is 0.000000233. The second kappa shape index (κ2) is 17.6. The molecule has 0 radical (unpaired) electrons. The van der Waals surface area contributed by atoms with Gasteiger partial charge in [0.2, 0.25) is 20.0 Å². The molecule has 5 rings (SSSR count). The molecule has 12 nitrogen and oxygen atoms in total. The maximum Gasteiger partial charge on any atom is 0.410 e. The van der Waals surface area contributed by atoms with Crippen LogP contribution in [0.5, 0.6) is 5.75 Å². The van der Waals surface area contributed by atoms with E-state index in [0.717, 1.165) is 17.2 Å². The van der Waals surface area contributed by atoms with E-state index in [4.69, 9.17) is 21.1 Å². The maximum atomic E-state index is 13.1. The number of hydrogen-bond donors (Lipinski definition) is 2. The maximum absolute atomic E-state index is 13.1. The SMILES string of the molecule is CC(C)(C)OC(=O)N1CCC(S(=O)(=O)NCc2ccccc2)C1.O=C(COc1ccc(F)c(Cl)c1)N1CCC(S(=O)(=O)NCc2ccccc2)C1. The van der Waals surface area contributed by atoms with Crippen LogP contribution in [0, 0.1) is 5.82 Å². The molecule has 3 aromatic carbocycles. The fourth-order valence-corrected chi connectivity index (χ4v) is 8.24. The lowest BCUT2D eigenvalue weighted by Crippen LogP contribution is -2.39. The fourth-order valence-electron chi connectivity index (χ4n) is 5.28. The molecule has 2 amide bonds. The lowest BCUT2D eigenvalue weighted by atomic mass is 10.2. The molecule has 0 spiro atoms. The van der Waals surface area contributed by atoms with Gasteiger partial charge < -0.3 is 19.3 Å². The van der Waals surface area contributed by atoms with Crippen LogP contribution < -0.4 is 14.2 Å². The van der Waals surface area contributed by atoms with Crippen molar-refractivity contribution in [2.24, 2.45) is 0 Å². The van der Waals surface area contributed by atoms with Crippen molar-refractivity contribution in [1.82, 2.24) is 19.2 Å². The van der Waals surface area contributed by atoms with Crippen LogP contribution in [-0.2, 0) is 42.7 Å². The number of ether oxygens (including phenoxy) is 2. The summed E-state index contributed by atoms with van der Waals surface area (Å²) in [6, 6.07) is 22.4. The van der Waals surface area contributed by atoms with Crippen LogP contribution >= 0.6 is 11.6 Å². The summed E-state index contributed by atoms with van der Waals surface area (Å²) in [5.41, 5.74) is 1.18. The van der Waals surface area contributed by atoms with Gasteiger partial charge in [0.15, 0.2) is 6.61 Å². The van der Waals surface area contributed by atoms with E-state index in [1.54, 1.807) is 20.8 Å². The van der Waals surface area contributed by atoms with E-state index in [9.17, 15) is 30.8 Å². The van der Waals surface area contributed by atoms with Crippen LogP contribution in [0.3, 0.4) is 0 Å². The third-order valence-corrected chi connectivity index (χ3v) is 12.0. The van der Waals surface area contributed by atoms with Gasteiger partial charge in [-0.25, -0.2) is 35.5 Å². The van der Waals surface area contributed by atoms with E-state index in [2.05, 4.69) is 9.44 Å². The van der Waals surface area contributed by atoms with Crippen molar-refractivity contribution in [2.45, 2.75) is 62.8 Å². The number of likely N-dealkylation sites (tertiary alicyclic amines) is 2. The minimum atomic E-state index is -3.55. The van der Waals surface area contributed by atoms with Crippen LogP contribution in [0.2, 0.25) is 5.02 Å². The standard InChI is InChI=1S/C19H20ClFN2O4S.C16H24N2O4S/c20-17-10-15(6-7-18(17)21)27-13-19(24)23-9-8-16(12-23)28(25,26)22-11-14-4-2-1-3-5-14;1-16(2,3)22-15(19)18-10-9-14(12-18)23(20,21)17-11-13-7-5-4-6-8-13/h1-7,10,16,22H,8-9,11-13H2;4-8,14,17H,9-12H2,1-3H3. The largest absolute Gasteiger partial charge is 0.484 e. The first-order valence-corrected chi connectivity index (χ1v) is 19.9. The molecule has 3 aromatic rings. The van der Waals surface area contributed by atoms with Crippen molar-refractivity contribution >= 4 is 43.6 Å². The molecule has 51 heavy (non-hydrogen) atoms. The Labute approximate surface area is 304 Å². The van der Waals surface area contributed by atoms with Crippen molar-refractivity contribution in [3.05, 3.63) is 101 Å². The summed E-state index contributed by atoms with van der Waals surface area (Å²) in [4.78, 5) is 27.2. The van der Waals surface area contributed by atoms with Gasteiger partial charge >= 0.3 is 6.09 Å². The number of carbonyl (C=O) groups is 2. The summed E-state index contributed by atoms with van der Waals surface area (Å²) >= 11 is 5.68. The molecule has 2 atom stereocenters. The number of nitrogens with zero attached hydrogens (tertiary/aromatic N) is 2. The van der Waals surface area contributed by atoms with Gasteiger partial charge in [-0.2, -0.15) is 0 Å². The summed E-state index contributed by atoms with van der Waals surface area (Å²) in [5, 5.41) is -1.36. The lowest BCUT2D eigenvalue weighted by Gasteiger charge is -2.24. The van der Waals surface area contributed by atoms with Crippen LogP contribution in [-0.4, -0.2) is 87.5 Å². The number of halogens is 2. The highest BCUT2D eigenvalue weighted by molar-refractivity contribution is 7.90. The molecule has 0 aliphatic carbocycles. The smallest absolute Gasteiger partial charge is 0.410 e. The van der Waals surface area contributed by atoms with Crippen LogP contribution in [0.15, 0.2) is 78.9 Å². The molecule has 0 bridgehead atoms. The number of nitrogens with one attached hydrogen (secondary N) is 2. The normalized spacial score (nSPS) is 17.8. The first-order chi connectivity index (χ1) is 24.0. The molecule has 0 aromatic heterocycles. The fraction of sp³-hybridized carbons (Fsp3) is 0.429. The Bertz CT molecular complexity index is 1850. The Morgan fingerprint density at radius 1 is 0.804 bits per heavy atom. The monoisotopic (exact) mass is 766 g/mol. The minimum absolute atomic E-state index is 0.0956. The average molecular weight is 767 g/mol. The molecule has 2 saturated heterocycles. The predicted octanol–water partition coefficient (Wildman–Crippen LogP) is 4.69. The van der Waals surface area contributed by atoms with Crippen molar-refractivity contribution in [3.63, 3.8) is 0 Å². The highest BCUT2D eigenvalue weighted by atomic mass is 35.5. The quantitative estimate of drug-likeness (QED) is 0.285. The molecule has 2 aliphatic rings. The van der Waals surface area contributed by atoms with Gasteiger partial charge in [0, 0.05) is 45.3 Å². The van der Waals surface area contributed by atoms with Crippen LogP contribution in [0.4, 0.5) is 9.18 Å². The molecule has 2 heterocycles. The Morgan fingerprint density at radius 2 is 1.29 bits per heavy atom. The highest BCUT2D eigenvalue weighted by Gasteiger charge is 2.37. The third kappa shape index (κ3) is 12.5. The zero-order valence-electron chi connectivity index (χ0n) is 28.8. The number of benzene rings is 3. The first kappa shape index (κ1) is 40.0. The Hall–Kier alpha value is -3.76. The molecule has 2 fully saturated rings. The van der Waals surface area contributed by atoms with Gasteiger partial charge in [0.25, 0.3) is 5.91 Å². The van der Waals surface area contributed by atoms with Gasteiger partial charge in [0.05, 0.1) is 15.5 Å². The second-order valence-corrected chi connectivity index (χ2v) is 17.7. The first-order valence-electron chi connectivity index (χ1n) is 16.4. The summed E-state index contributed by atoms with van der Waals surface area (Å²) in [7, 11) is -7.01. The zero-order valence-corrected chi connectivity index (χ0v) is 31.1. The van der Waals surface area contributed by atoms with E-state index in [0.29, 0.717) is 25.9 Å². The molecule has 278 valence electrons. The van der Waals surface area contributed by atoms with Gasteiger partial charge in [-0.1, -0.05) is 72.3 Å². The molecule has 2 unspecified atom stereocenters. The number of rotatable bonds is 11. The summed E-state index contributed by atoms with van der Waals surface area (Å²) in [6.07, 6.45) is 0.319. The molecular formula is C35H44ClFN4O8S2. The number of sulfonamides is 2. The molecule has 16 heteroatoms. The van der Waals surface area contributed by atoms with E-state index in [1.807, 2.05) is 60.7 Å². The highest BCUT2D eigenvalue weighted by Crippen LogP contribution is 2.23. The van der Waals surface area contributed by atoms with E-state index in [-0.39, 0.29) is 49.5 Å². The van der Waals surface area contributed by atoms with Crippen molar-refractivity contribution in [1.29, 1.82) is 0 Å². The van der Waals surface area contributed by atoms with E-state index in [1.165, 1.54) is 21.9 Å². The number of carbonyl (C=O) groups excluding carboxylic acids is 2. The Kier molecular flexibility index (Phi) is 13.8. The topological polar surface area (TPSA) is 151 Å². The number of hydrogen-bond acceptors (Lipinski definition) is 8. The van der Waals surface area contributed by atoms with Gasteiger partial charge in [-0.05, 0) is 56.9 Å². The van der Waals surface area contributed by atoms with Crippen molar-refractivity contribution in [3.8, 4) is 5.75 Å². The van der Waals surface area contributed by atoms with Gasteiger partial charge in [0.1, 0.15) is 17.2 Å². The van der Waals surface area contributed by atoms with Crippen LogP contribution in [0.25, 0.3) is 0 Å². The van der Waals surface area contributed by atoms with Gasteiger partial charge in [-0.3, -0.25) is 4.79 Å². The van der Waals surface area contributed by atoms with E-state index >= 15 is 0 Å². The molecular weight excluding hydrogens is 723 g/mol. The minimum Gasteiger partial charge on any atom is -0.484 e. The van der Waals surface area contributed by atoms with Crippen molar-refractivity contribution < 1.29 is 40.3 Å². The summed E-state index contributed by atoms with van der Waals surface area (Å²) in [5.74, 6) is -0.634. The number of amides is 2. The summed E-state index contributed by atoms with van der Waals surface area (Å²) in [6.45, 7) is 6.56. The summed E-state index contributed by atoms with van der Waals surface area (Å²) < 4.78 is 78.7.